The molecule has 2 unspecified atom stereocenters. The fourth-order valence-corrected chi connectivity index (χ4v) is 6.48. The summed E-state index contributed by atoms with van der Waals surface area (Å²) in [4.78, 5) is 20.9. The minimum atomic E-state index is -4.74. The highest BCUT2D eigenvalue weighted by atomic mass is 19.4. The molecule has 0 N–H and O–H groups in total. The van der Waals surface area contributed by atoms with Gasteiger partial charge in [-0.15, -0.1) is 0 Å². The first kappa shape index (κ1) is 28.8. The van der Waals surface area contributed by atoms with Crippen LogP contribution >= 0.6 is 0 Å². The predicted molar refractivity (Wildman–Crippen MR) is 147 cm³/mol. The monoisotopic (exact) mass is 584 g/mol. The number of rotatable bonds is 7. The number of halogens is 3. The summed E-state index contributed by atoms with van der Waals surface area (Å²) in [6.07, 6.45) is -1.64. The number of hydrogen-bond donors (Lipinski definition) is 0. The molecule has 42 heavy (non-hydrogen) atoms. The first-order valence-electron chi connectivity index (χ1n) is 14.4. The Morgan fingerprint density at radius 3 is 2.45 bits per heavy atom. The quantitative estimate of drug-likeness (QED) is 0.368. The van der Waals surface area contributed by atoms with Gasteiger partial charge in [-0.05, 0) is 61.4 Å². The molecule has 9 nitrogen and oxygen atoms in total. The molecule has 2 aromatic carbocycles. The average Bonchev–Trinajstić information content (AvgIpc) is 3.62. The van der Waals surface area contributed by atoms with Gasteiger partial charge in [0.05, 0.1) is 13.2 Å². The number of amides is 1. The summed E-state index contributed by atoms with van der Waals surface area (Å²) < 4.78 is 48.4. The van der Waals surface area contributed by atoms with Gasteiger partial charge in [-0.25, -0.2) is 0 Å². The number of carbonyl (C=O) groups excluding carboxylic acids is 1. The molecule has 3 aromatic rings. The number of hydroxylamine groups is 2. The first-order chi connectivity index (χ1) is 20.3. The zero-order valence-electron chi connectivity index (χ0n) is 23.1. The zero-order chi connectivity index (χ0) is 29.3. The number of fused-ring (bicyclic) bond motifs is 1. The summed E-state index contributed by atoms with van der Waals surface area (Å²) in [7, 11) is 0. The van der Waals surface area contributed by atoms with Crippen molar-refractivity contribution in [3.63, 3.8) is 0 Å². The number of ether oxygens (including phenoxy) is 1. The number of aromatic nitrogens is 2. The van der Waals surface area contributed by atoms with Gasteiger partial charge >= 0.3 is 12.1 Å². The minimum absolute atomic E-state index is 0.114. The Morgan fingerprint density at radius 2 is 1.74 bits per heavy atom. The van der Waals surface area contributed by atoms with Gasteiger partial charge < -0.3 is 24.4 Å². The third-order valence-electron chi connectivity index (χ3n) is 8.62. The molecular formula is C30H33F3N5O4-. The minimum Gasteiger partial charge on any atom is -0.784 e. The molecule has 3 aliphatic heterocycles. The highest BCUT2D eigenvalue weighted by Crippen LogP contribution is 2.49. The van der Waals surface area contributed by atoms with E-state index in [1.54, 1.807) is 17.0 Å². The first-order valence-corrected chi connectivity index (χ1v) is 14.4. The molecule has 2 atom stereocenters. The Kier molecular flexibility index (Phi) is 8.30. The fourth-order valence-electron chi connectivity index (χ4n) is 6.48. The topological polar surface area (TPSA) is 98.0 Å². The Morgan fingerprint density at radius 1 is 1.00 bits per heavy atom. The largest absolute Gasteiger partial charge is 0.784 e. The SMILES string of the molecule is O=C(c1cccc(-c2noc(C(F)(F)F)n2)c1)N1CCC(C2c3ccccc3C(CCCN3CCOCC3)N2[O-])CC1. The van der Waals surface area contributed by atoms with Crippen LogP contribution in [0, 0.1) is 11.1 Å². The number of hydrogen-bond acceptors (Lipinski definition) is 8. The Hall–Kier alpha value is -3.32. The summed E-state index contributed by atoms with van der Waals surface area (Å²) in [5.41, 5.74) is 2.81. The molecule has 0 radical (unpaired) electrons. The van der Waals surface area contributed by atoms with Gasteiger partial charge in [0.2, 0.25) is 5.82 Å². The molecule has 3 aliphatic rings. The highest BCUT2D eigenvalue weighted by Gasteiger charge is 2.40. The average molecular weight is 585 g/mol. The predicted octanol–water partition coefficient (Wildman–Crippen LogP) is 5.32. The van der Waals surface area contributed by atoms with Gasteiger partial charge in [-0.3, -0.25) is 9.69 Å². The van der Waals surface area contributed by atoms with Gasteiger partial charge in [0.15, 0.2) is 0 Å². The summed E-state index contributed by atoms with van der Waals surface area (Å²) in [5, 5.41) is 18.5. The van der Waals surface area contributed by atoms with Crippen LogP contribution < -0.4 is 0 Å². The van der Waals surface area contributed by atoms with E-state index in [0.29, 0.717) is 31.5 Å². The van der Waals surface area contributed by atoms with Crippen molar-refractivity contribution in [2.45, 2.75) is 43.9 Å². The summed E-state index contributed by atoms with van der Waals surface area (Å²) >= 11 is 0. The van der Waals surface area contributed by atoms with Crippen LogP contribution in [-0.2, 0) is 10.9 Å². The summed E-state index contributed by atoms with van der Waals surface area (Å²) in [5.74, 6) is -1.77. The normalized spacial score (nSPS) is 22.4. The molecule has 0 aliphatic carbocycles. The lowest BCUT2D eigenvalue weighted by atomic mass is 9.85. The number of morpholine rings is 1. The zero-order valence-corrected chi connectivity index (χ0v) is 23.1. The van der Waals surface area contributed by atoms with Crippen LogP contribution in [0.25, 0.3) is 11.4 Å². The second kappa shape index (κ2) is 12.1. The molecule has 12 heteroatoms. The number of benzene rings is 2. The second-order valence-corrected chi connectivity index (χ2v) is 11.2. The Balaban J connectivity index is 1.09. The van der Waals surface area contributed by atoms with Crippen molar-refractivity contribution >= 4 is 5.91 Å². The van der Waals surface area contributed by atoms with Crippen LogP contribution in [0.1, 0.15) is 65.1 Å². The number of alkyl halides is 3. The Labute approximate surface area is 241 Å². The number of piperidine rings is 1. The molecule has 224 valence electrons. The molecule has 0 saturated carbocycles. The third-order valence-corrected chi connectivity index (χ3v) is 8.62. The van der Waals surface area contributed by atoms with Crippen LogP contribution in [0.3, 0.4) is 0 Å². The standard InChI is InChI=1S/C30H33F3N5O4/c31-30(32,33)29-34-27(35-42-29)21-5-3-6-22(19-21)28(39)37-13-10-20(11-14-37)26-24-8-2-1-7-23(24)25(38(26)40)9-4-12-36-15-17-41-18-16-36/h1-3,5-8,19-20,25-26H,4,9-18H2/q-1. The number of likely N-dealkylation sites (tertiary alicyclic amines) is 1. The molecule has 2 saturated heterocycles. The molecule has 1 aromatic heterocycles. The lowest BCUT2D eigenvalue weighted by molar-refractivity contribution is -0.159. The van der Waals surface area contributed by atoms with E-state index < -0.39 is 12.1 Å². The van der Waals surface area contributed by atoms with Crippen LogP contribution in [0.5, 0.6) is 0 Å². The smallest absolute Gasteiger partial charge is 0.471 e. The van der Waals surface area contributed by atoms with Crippen LogP contribution in [-0.4, -0.2) is 76.8 Å². The lowest BCUT2D eigenvalue weighted by Crippen LogP contribution is -2.41. The number of nitrogens with zero attached hydrogens (tertiary/aromatic N) is 5. The molecule has 0 spiro atoms. The van der Waals surface area contributed by atoms with Crippen LogP contribution in [0.15, 0.2) is 53.1 Å². The number of carbonyl (C=O) groups is 1. The van der Waals surface area contributed by atoms with E-state index in [2.05, 4.69) is 31.7 Å². The van der Waals surface area contributed by atoms with E-state index in [1.165, 1.54) is 17.2 Å². The van der Waals surface area contributed by atoms with E-state index in [0.717, 1.165) is 56.8 Å². The van der Waals surface area contributed by atoms with Crippen molar-refractivity contribution in [3.05, 3.63) is 76.3 Å². The molecule has 4 heterocycles. The van der Waals surface area contributed by atoms with Gasteiger partial charge in [0.25, 0.3) is 5.91 Å². The molecule has 0 bridgehead atoms. The molecule has 6 rings (SSSR count). The maximum Gasteiger partial charge on any atom is 0.471 e. The summed E-state index contributed by atoms with van der Waals surface area (Å²) in [6, 6.07) is 13.9. The van der Waals surface area contributed by atoms with Crippen molar-refractivity contribution < 1.29 is 27.2 Å². The van der Waals surface area contributed by atoms with Gasteiger partial charge in [-0.1, -0.05) is 41.6 Å². The second-order valence-electron chi connectivity index (χ2n) is 11.2. The maximum absolute atomic E-state index is 13.7. The lowest BCUT2D eigenvalue weighted by Gasteiger charge is -2.43. The van der Waals surface area contributed by atoms with Gasteiger partial charge in [-0.2, -0.15) is 18.2 Å². The van der Waals surface area contributed by atoms with Crippen molar-refractivity contribution in [1.29, 1.82) is 0 Å². The van der Waals surface area contributed by atoms with Crippen LogP contribution in [0.4, 0.5) is 13.2 Å². The van der Waals surface area contributed by atoms with Crippen molar-refractivity contribution in [1.82, 2.24) is 25.0 Å². The van der Waals surface area contributed by atoms with E-state index in [9.17, 15) is 23.2 Å². The van der Waals surface area contributed by atoms with Gasteiger partial charge in [0.1, 0.15) is 0 Å². The molecular weight excluding hydrogens is 551 g/mol. The van der Waals surface area contributed by atoms with Crippen molar-refractivity contribution in [2.75, 3.05) is 45.9 Å². The maximum atomic E-state index is 13.7. The van der Waals surface area contributed by atoms with Crippen molar-refractivity contribution in [2.24, 2.45) is 5.92 Å². The van der Waals surface area contributed by atoms with E-state index in [1.807, 2.05) is 12.1 Å². The highest BCUT2D eigenvalue weighted by molar-refractivity contribution is 5.95. The van der Waals surface area contributed by atoms with E-state index >= 15 is 0 Å². The van der Waals surface area contributed by atoms with Crippen molar-refractivity contribution in [3.8, 4) is 11.4 Å². The fraction of sp³-hybridized carbons (Fsp3) is 0.500. The Bertz CT molecular complexity index is 1390. The van der Waals surface area contributed by atoms with Crippen LogP contribution in [0.2, 0.25) is 0 Å². The van der Waals surface area contributed by atoms with E-state index in [-0.39, 0.29) is 35.3 Å². The third kappa shape index (κ3) is 5.94. The van der Waals surface area contributed by atoms with E-state index in [4.69, 9.17) is 4.74 Å². The van der Waals surface area contributed by atoms with Gasteiger partial charge in [0, 0.05) is 49.4 Å². The molecule has 1 amide bonds. The molecule has 2 fully saturated rings. The summed E-state index contributed by atoms with van der Waals surface area (Å²) in [6.45, 7) is 5.32.